The van der Waals surface area contributed by atoms with Crippen LogP contribution in [0.3, 0.4) is 0 Å². The average Bonchev–Trinajstić information content (AvgIpc) is 2.36. The lowest BCUT2D eigenvalue weighted by molar-refractivity contribution is 0.0261. The Morgan fingerprint density at radius 3 is 2.82 bits per heavy atom. The second kappa shape index (κ2) is 5.38. The molecule has 2 rings (SSSR count). The fraction of sp³-hybridized carbons (Fsp3) is 0.538. The first-order valence-electron chi connectivity index (χ1n) is 5.81. The van der Waals surface area contributed by atoms with E-state index in [1.807, 2.05) is 0 Å². The molecule has 1 aromatic carbocycles. The summed E-state index contributed by atoms with van der Waals surface area (Å²) in [6.45, 7) is 6.71. The van der Waals surface area contributed by atoms with Crippen LogP contribution < -0.4 is 10.1 Å². The van der Waals surface area contributed by atoms with Crippen LogP contribution in [0.4, 0.5) is 0 Å². The summed E-state index contributed by atoms with van der Waals surface area (Å²) in [6, 6.07) is 2.16. The Hall–Kier alpha value is -0.580. The molecule has 17 heavy (non-hydrogen) atoms. The van der Waals surface area contributed by atoms with Gasteiger partial charge in [-0.3, -0.25) is 0 Å². The van der Waals surface area contributed by atoms with Crippen molar-refractivity contribution in [3.8, 4) is 5.75 Å². The van der Waals surface area contributed by atoms with Crippen molar-refractivity contribution in [2.75, 3.05) is 26.8 Å². The highest BCUT2D eigenvalue weighted by atomic mass is 79.9. The van der Waals surface area contributed by atoms with Crippen LogP contribution in [0.25, 0.3) is 0 Å². The molecule has 1 unspecified atom stereocenters. The minimum absolute atomic E-state index is 0.0781. The first-order valence-corrected chi connectivity index (χ1v) is 6.60. The van der Waals surface area contributed by atoms with Crippen molar-refractivity contribution >= 4 is 15.9 Å². The van der Waals surface area contributed by atoms with E-state index >= 15 is 0 Å². The van der Waals surface area contributed by atoms with E-state index in [2.05, 4.69) is 41.2 Å². The number of aryl methyl sites for hydroxylation is 1. The van der Waals surface area contributed by atoms with Crippen molar-refractivity contribution in [2.24, 2.45) is 0 Å². The molecule has 1 saturated heterocycles. The highest BCUT2D eigenvalue weighted by molar-refractivity contribution is 9.10. The van der Waals surface area contributed by atoms with Gasteiger partial charge in [0.05, 0.1) is 24.3 Å². The number of hydrogen-bond donors (Lipinski definition) is 1. The minimum atomic E-state index is 0.0781. The summed E-state index contributed by atoms with van der Waals surface area (Å²) in [5, 5.41) is 3.34. The van der Waals surface area contributed by atoms with E-state index < -0.39 is 0 Å². The van der Waals surface area contributed by atoms with Crippen LogP contribution in [-0.4, -0.2) is 26.8 Å². The summed E-state index contributed by atoms with van der Waals surface area (Å²) < 4.78 is 12.3. The van der Waals surface area contributed by atoms with Crippen LogP contribution >= 0.6 is 15.9 Å². The number of methoxy groups -OCH3 is 1. The largest absolute Gasteiger partial charge is 0.495 e. The highest BCUT2D eigenvalue weighted by Gasteiger charge is 2.22. The molecule has 94 valence electrons. The zero-order valence-corrected chi connectivity index (χ0v) is 12.1. The lowest BCUT2D eigenvalue weighted by Gasteiger charge is -2.26. The van der Waals surface area contributed by atoms with Crippen molar-refractivity contribution in [1.29, 1.82) is 0 Å². The van der Waals surface area contributed by atoms with E-state index in [1.165, 1.54) is 11.1 Å². The summed E-state index contributed by atoms with van der Waals surface area (Å²) in [7, 11) is 1.70. The molecule has 1 fully saturated rings. The molecule has 1 aromatic rings. The van der Waals surface area contributed by atoms with E-state index in [0.717, 1.165) is 35.5 Å². The predicted octanol–water partition coefficient (Wildman–Crippen LogP) is 2.74. The fourth-order valence-corrected chi connectivity index (χ4v) is 2.79. The van der Waals surface area contributed by atoms with Gasteiger partial charge in [-0.1, -0.05) is 0 Å². The summed E-state index contributed by atoms with van der Waals surface area (Å²) in [5.74, 6) is 0.891. The molecule has 1 aliphatic rings. The molecule has 3 nitrogen and oxygen atoms in total. The number of nitrogens with one attached hydrogen (secondary N) is 1. The molecule has 4 heteroatoms. The Bertz CT molecular complexity index is 414. The Labute approximate surface area is 111 Å². The molecular formula is C13H18BrNO2. The first kappa shape index (κ1) is 12.9. The van der Waals surface area contributed by atoms with Crippen LogP contribution in [0.1, 0.15) is 22.8 Å². The summed E-state index contributed by atoms with van der Waals surface area (Å²) in [6.07, 6.45) is 0.0781. The molecule has 1 aliphatic heterocycles. The maximum atomic E-state index is 5.79. The maximum Gasteiger partial charge on any atom is 0.139 e. The molecule has 0 amide bonds. The van der Waals surface area contributed by atoms with Gasteiger partial charge in [0.25, 0.3) is 0 Å². The standard InChI is InChI=1S/C13H18BrNO2/c1-8-6-10(11-7-15-4-5-17-11)13(16-3)12(14)9(8)2/h6,11,15H,4-5,7H2,1-3H3. The van der Waals surface area contributed by atoms with E-state index in [1.54, 1.807) is 7.11 Å². The van der Waals surface area contributed by atoms with Crippen molar-refractivity contribution in [2.45, 2.75) is 20.0 Å². The third-order valence-corrected chi connectivity index (χ3v) is 4.19. The number of morpholine rings is 1. The van der Waals surface area contributed by atoms with Gasteiger partial charge in [0.2, 0.25) is 0 Å². The Balaban J connectivity index is 2.44. The smallest absolute Gasteiger partial charge is 0.139 e. The van der Waals surface area contributed by atoms with Gasteiger partial charge in [0.15, 0.2) is 0 Å². The minimum Gasteiger partial charge on any atom is -0.495 e. The quantitative estimate of drug-likeness (QED) is 0.911. The fourth-order valence-electron chi connectivity index (χ4n) is 2.09. The Morgan fingerprint density at radius 1 is 1.47 bits per heavy atom. The molecular weight excluding hydrogens is 282 g/mol. The number of rotatable bonds is 2. The molecule has 0 spiro atoms. The van der Waals surface area contributed by atoms with Gasteiger partial charge < -0.3 is 14.8 Å². The summed E-state index contributed by atoms with van der Waals surface area (Å²) in [4.78, 5) is 0. The lowest BCUT2D eigenvalue weighted by atomic mass is 10.0. The average molecular weight is 300 g/mol. The van der Waals surface area contributed by atoms with E-state index in [0.29, 0.717) is 0 Å². The van der Waals surface area contributed by atoms with Crippen LogP contribution in [0.2, 0.25) is 0 Å². The number of ether oxygens (including phenoxy) is 2. The van der Waals surface area contributed by atoms with Crippen molar-refractivity contribution in [3.63, 3.8) is 0 Å². The monoisotopic (exact) mass is 299 g/mol. The zero-order valence-electron chi connectivity index (χ0n) is 10.5. The molecule has 0 saturated carbocycles. The van der Waals surface area contributed by atoms with Gasteiger partial charge >= 0.3 is 0 Å². The lowest BCUT2D eigenvalue weighted by Crippen LogP contribution is -2.33. The van der Waals surface area contributed by atoms with Gasteiger partial charge in [-0.25, -0.2) is 0 Å². The van der Waals surface area contributed by atoms with E-state index in [4.69, 9.17) is 9.47 Å². The summed E-state index contributed by atoms with van der Waals surface area (Å²) >= 11 is 3.61. The molecule has 0 bridgehead atoms. The topological polar surface area (TPSA) is 30.5 Å². The number of halogens is 1. The van der Waals surface area contributed by atoms with Crippen LogP contribution in [0, 0.1) is 13.8 Å². The van der Waals surface area contributed by atoms with E-state index in [-0.39, 0.29) is 6.10 Å². The van der Waals surface area contributed by atoms with Crippen LogP contribution in [0.15, 0.2) is 10.5 Å². The molecule has 1 N–H and O–H groups in total. The SMILES string of the molecule is COc1c(C2CNCCO2)cc(C)c(C)c1Br. The van der Waals surface area contributed by atoms with Gasteiger partial charge in [-0.15, -0.1) is 0 Å². The highest BCUT2D eigenvalue weighted by Crippen LogP contribution is 2.38. The van der Waals surface area contributed by atoms with Gasteiger partial charge in [-0.2, -0.15) is 0 Å². The predicted molar refractivity (Wildman–Crippen MR) is 71.7 cm³/mol. The zero-order chi connectivity index (χ0) is 12.4. The van der Waals surface area contributed by atoms with E-state index in [9.17, 15) is 0 Å². The first-order chi connectivity index (χ1) is 8.15. The van der Waals surface area contributed by atoms with Gasteiger partial charge in [0, 0.05) is 18.7 Å². The Morgan fingerprint density at radius 2 is 2.24 bits per heavy atom. The summed E-state index contributed by atoms with van der Waals surface area (Å²) in [5.41, 5.74) is 3.59. The van der Waals surface area contributed by atoms with Crippen molar-refractivity contribution in [3.05, 3.63) is 27.2 Å². The van der Waals surface area contributed by atoms with Gasteiger partial charge in [0.1, 0.15) is 5.75 Å². The molecule has 1 heterocycles. The normalized spacial score (nSPS) is 20.4. The van der Waals surface area contributed by atoms with Crippen molar-refractivity contribution in [1.82, 2.24) is 5.32 Å². The molecule has 1 atom stereocenters. The third kappa shape index (κ3) is 2.49. The molecule has 0 radical (unpaired) electrons. The Kier molecular flexibility index (Phi) is 4.07. The van der Waals surface area contributed by atoms with Crippen LogP contribution in [0.5, 0.6) is 5.75 Å². The number of hydrogen-bond acceptors (Lipinski definition) is 3. The number of benzene rings is 1. The molecule has 0 aliphatic carbocycles. The second-order valence-corrected chi connectivity index (χ2v) is 5.11. The van der Waals surface area contributed by atoms with Crippen molar-refractivity contribution < 1.29 is 9.47 Å². The maximum absolute atomic E-state index is 5.79. The van der Waals surface area contributed by atoms with Crippen LogP contribution in [-0.2, 0) is 4.74 Å². The second-order valence-electron chi connectivity index (χ2n) is 4.32. The van der Waals surface area contributed by atoms with Gasteiger partial charge in [-0.05, 0) is 47.0 Å². The molecule has 0 aromatic heterocycles. The third-order valence-electron chi connectivity index (χ3n) is 3.23.